The van der Waals surface area contributed by atoms with Crippen LogP contribution in [0.1, 0.15) is 41.0 Å². The van der Waals surface area contributed by atoms with Gasteiger partial charge in [-0.3, -0.25) is 29.5 Å². The number of imide groups is 2. The summed E-state index contributed by atoms with van der Waals surface area (Å²) in [5.74, 6) is -4.12. The SMILES string of the molecule is COc1ccc(C23C(=O)N(Nc4ccc(Cl)cc4Cl)C(=O)C2CC2C(=CCC4C(=O)N(c5ccc(C=Cc6cc(OC)ccc6OC)cc5)C(=O)C42)C3c2ccccc2O)cc1. The summed E-state index contributed by atoms with van der Waals surface area (Å²) in [6.45, 7) is 0. The quantitative estimate of drug-likeness (QED) is 0.0801. The van der Waals surface area contributed by atoms with Crippen LogP contribution >= 0.6 is 23.2 Å². The largest absolute Gasteiger partial charge is 0.508 e. The number of phenols is 1. The summed E-state index contributed by atoms with van der Waals surface area (Å²) in [6.07, 6.45) is 6.04. The van der Waals surface area contributed by atoms with Gasteiger partial charge in [0.15, 0.2) is 0 Å². The summed E-state index contributed by atoms with van der Waals surface area (Å²) in [4.78, 5) is 61.0. The number of hydrogen-bond acceptors (Lipinski definition) is 9. The van der Waals surface area contributed by atoms with E-state index in [1.165, 1.54) is 18.1 Å². The molecule has 5 aromatic carbocycles. The molecule has 2 saturated heterocycles. The topological polar surface area (TPSA) is 135 Å². The van der Waals surface area contributed by atoms with Crippen molar-refractivity contribution in [1.82, 2.24) is 5.01 Å². The van der Waals surface area contributed by atoms with Crippen molar-refractivity contribution in [3.05, 3.63) is 153 Å². The Hall–Kier alpha value is -6.56. The number of benzene rings is 5. The predicted molar refractivity (Wildman–Crippen MR) is 236 cm³/mol. The molecule has 2 heterocycles. The van der Waals surface area contributed by atoms with Crippen molar-refractivity contribution in [3.63, 3.8) is 0 Å². The van der Waals surface area contributed by atoms with Crippen molar-refractivity contribution in [2.75, 3.05) is 31.7 Å². The zero-order valence-corrected chi connectivity index (χ0v) is 35.4. The Balaban J connectivity index is 1.11. The maximum Gasteiger partial charge on any atom is 0.260 e. The maximum absolute atomic E-state index is 15.5. The van der Waals surface area contributed by atoms with Gasteiger partial charge in [0.1, 0.15) is 23.0 Å². The Bertz CT molecular complexity index is 2700. The van der Waals surface area contributed by atoms with E-state index in [2.05, 4.69) is 5.43 Å². The van der Waals surface area contributed by atoms with Crippen LogP contribution in [0, 0.1) is 23.7 Å². The Morgan fingerprint density at radius 3 is 2.18 bits per heavy atom. The van der Waals surface area contributed by atoms with E-state index in [-0.39, 0.29) is 41.1 Å². The van der Waals surface area contributed by atoms with Crippen molar-refractivity contribution >= 4 is 70.4 Å². The molecule has 4 aliphatic rings. The normalized spacial score (nSPS) is 24.1. The summed E-state index contributed by atoms with van der Waals surface area (Å²) in [5.41, 5.74) is 5.39. The minimum Gasteiger partial charge on any atom is -0.508 e. The monoisotopic (exact) mass is 869 g/mol. The van der Waals surface area contributed by atoms with Crippen molar-refractivity contribution in [2.45, 2.75) is 24.2 Å². The summed E-state index contributed by atoms with van der Waals surface area (Å²) >= 11 is 12.8. The highest BCUT2D eigenvalue weighted by atomic mass is 35.5. The van der Waals surface area contributed by atoms with Gasteiger partial charge in [-0.15, -0.1) is 0 Å². The second-order valence-corrected chi connectivity index (χ2v) is 16.7. The highest BCUT2D eigenvalue weighted by molar-refractivity contribution is 6.36. The number of carbonyl (C=O) groups is 4. The highest BCUT2D eigenvalue weighted by Crippen LogP contribution is 2.65. The van der Waals surface area contributed by atoms with Crippen molar-refractivity contribution in [1.29, 1.82) is 0 Å². The van der Waals surface area contributed by atoms with Crippen LogP contribution in [0.2, 0.25) is 10.0 Å². The average molecular weight is 871 g/mol. The first-order chi connectivity index (χ1) is 30.0. The number of methoxy groups -OCH3 is 3. The fraction of sp³-hybridized carbons (Fsp3) is 0.224. The van der Waals surface area contributed by atoms with Crippen LogP contribution in [0.4, 0.5) is 11.4 Å². The number of hydrazine groups is 1. The summed E-state index contributed by atoms with van der Waals surface area (Å²) in [5, 5.41) is 13.2. The third-order valence-electron chi connectivity index (χ3n) is 12.9. The fourth-order valence-corrected chi connectivity index (χ4v) is 10.5. The average Bonchev–Trinajstić information content (AvgIpc) is 3.67. The minimum absolute atomic E-state index is 0.0740. The first-order valence-corrected chi connectivity index (χ1v) is 20.9. The number of halogens is 2. The third-order valence-corrected chi connectivity index (χ3v) is 13.4. The molecule has 13 heteroatoms. The molecule has 2 N–H and O–H groups in total. The van der Waals surface area contributed by atoms with Crippen LogP contribution < -0.4 is 24.5 Å². The van der Waals surface area contributed by atoms with Crippen LogP contribution in [0.15, 0.2) is 121 Å². The van der Waals surface area contributed by atoms with Crippen LogP contribution in [-0.4, -0.2) is 55.1 Å². The Labute approximate surface area is 368 Å². The van der Waals surface area contributed by atoms with Gasteiger partial charge in [-0.1, -0.05) is 89.5 Å². The third kappa shape index (κ3) is 6.49. The van der Waals surface area contributed by atoms with E-state index in [4.69, 9.17) is 37.4 Å². The molecule has 314 valence electrons. The van der Waals surface area contributed by atoms with Gasteiger partial charge < -0.3 is 19.3 Å². The molecular weight excluding hydrogens is 829 g/mol. The molecule has 0 radical (unpaired) electrons. The zero-order valence-electron chi connectivity index (χ0n) is 33.9. The number of amides is 4. The number of nitrogens with zero attached hydrogens (tertiary/aromatic N) is 2. The lowest BCUT2D eigenvalue weighted by Gasteiger charge is -2.50. The molecule has 9 rings (SSSR count). The van der Waals surface area contributed by atoms with Crippen molar-refractivity contribution in [2.24, 2.45) is 23.7 Å². The highest BCUT2D eigenvalue weighted by Gasteiger charge is 2.70. The number of nitrogens with one attached hydrogen (secondary N) is 1. The van der Waals surface area contributed by atoms with E-state index in [0.717, 1.165) is 16.1 Å². The number of carbonyl (C=O) groups excluding carboxylic acids is 4. The molecule has 11 nitrogen and oxygen atoms in total. The van der Waals surface area contributed by atoms with Crippen LogP contribution in [0.3, 0.4) is 0 Å². The number of anilines is 2. The first-order valence-electron chi connectivity index (χ1n) is 20.1. The van der Waals surface area contributed by atoms with E-state index in [1.54, 1.807) is 87.0 Å². The van der Waals surface area contributed by atoms with Gasteiger partial charge in [0, 0.05) is 22.1 Å². The molecule has 62 heavy (non-hydrogen) atoms. The molecule has 6 atom stereocenters. The first kappa shape index (κ1) is 40.8. The number of allylic oxidation sites excluding steroid dienone is 2. The lowest BCUT2D eigenvalue weighted by Crippen LogP contribution is -2.53. The van der Waals surface area contributed by atoms with Crippen LogP contribution in [-0.2, 0) is 24.6 Å². The fourth-order valence-electron chi connectivity index (χ4n) is 10.1. The second-order valence-electron chi connectivity index (χ2n) is 15.8. The van der Waals surface area contributed by atoms with Gasteiger partial charge >= 0.3 is 0 Å². The Morgan fingerprint density at radius 1 is 0.758 bits per heavy atom. The smallest absolute Gasteiger partial charge is 0.260 e. The number of hydrogen-bond donors (Lipinski definition) is 2. The Kier molecular flexibility index (Phi) is 10.6. The molecule has 2 aliphatic carbocycles. The molecule has 0 bridgehead atoms. The lowest BCUT2D eigenvalue weighted by molar-refractivity contribution is -0.138. The van der Waals surface area contributed by atoms with Crippen LogP contribution in [0.5, 0.6) is 23.0 Å². The maximum atomic E-state index is 15.5. The molecule has 3 fully saturated rings. The number of ether oxygens (including phenoxy) is 3. The minimum atomic E-state index is -1.60. The van der Waals surface area contributed by atoms with E-state index >= 15 is 9.59 Å². The predicted octanol–water partition coefficient (Wildman–Crippen LogP) is 9.08. The van der Waals surface area contributed by atoms with E-state index in [1.807, 2.05) is 48.6 Å². The summed E-state index contributed by atoms with van der Waals surface area (Å²) < 4.78 is 16.4. The van der Waals surface area contributed by atoms with E-state index in [0.29, 0.717) is 44.7 Å². The lowest BCUT2D eigenvalue weighted by atomic mass is 9.49. The van der Waals surface area contributed by atoms with E-state index in [9.17, 15) is 14.7 Å². The van der Waals surface area contributed by atoms with Gasteiger partial charge in [0.05, 0.1) is 60.9 Å². The van der Waals surface area contributed by atoms with Crippen molar-refractivity contribution in [3.8, 4) is 23.0 Å². The molecule has 6 unspecified atom stereocenters. The van der Waals surface area contributed by atoms with Gasteiger partial charge in [0.25, 0.3) is 11.8 Å². The molecule has 4 amide bonds. The summed E-state index contributed by atoms with van der Waals surface area (Å²) in [6, 6.07) is 31.1. The molecule has 5 aromatic rings. The van der Waals surface area contributed by atoms with Crippen LogP contribution in [0.25, 0.3) is 12.2 Å². The second kappa shape index (κ2) is 16.0. The van der Waals surface area contributed by atoms with Gasteiger partial charge in [-0.25, -0.2) is 0 Å². The number of aromatic hydroxyl groups is 1. The molecule has 0 spiro atoms. The standard InChI is InChI=1S/C49H41Cl2N3O8/c1-60-32-17-12-29(13-18-32)49-38(46(57)54(48(49)59)52-40-22-14-30(50)25-39(40)51)26-37-34(44(49)35-6-4-5-7-41(35)55)20-21-36-43(37)47(58)53(45(36)56)31-15-9-27(10-16-31)8-11-28-24-33(61-2)19-23-42(28)62-3/h4-20,22-25,36-38,43-44,52,55H,21,26H2,1-3H3. The Morgan fingerprint density at radius 2 is 1.48 bits per heavy atom. The number of phenolic OH excluding ortho intramolecular Hbond substituents is 1. The summed E-state index contributed by atoms with van der Waals surface area (Å²) in [7, 11) is 4.73. The number of fused-ring (bicyclic) bond motifs is 4. The van der Waals surface area contributed by atoms with Crippen molar-refractivity contribution < 1.29 is 38.5 Å². The molecule has 2 aliphatic heterocycles. The molecule has 1 saturated carbocycles. The molecule has 0 aromatic heterocycles. The number of rotatable bonds is 10. The van der Waals surface area contributed by atoms with E-state index < -0.39 is 46.8 Å². The number of para-hydroxylation sites is 1. The van der Waals surface area contributed by atoms with Gasteiger partial charge in [0.2, 0.25) is 11.8 Å². The van der Waals surface area contributed by atoms with Gasteiger partial charge in [-0.2, -0.15) is 5.01 Å². The molecular formula is C49H41Cl2N3O8. The van der Waals surface area contributed by atoms with Gasteiger partial charge in [-0.05, 0) is 96.6 Å². The zero-order chi connectivity index (χ0) is 43.4.